The molecule has 0 amide bonds. The van der Waals surface area contributed by atoms with Gasteiger partial charge in [0.25, 0.3) is 6.41 Å². The second kappa shape index (κ2) is 4.46. The predicted molar refractivity (Wildman–Crippen MR) is 43.7 cm³/mol. The average Bonchev–Trinajstić information content (AvgIpc) is 2.01. The molecule has 1 aliphatic heterocycles. The fourth-order valence-corrected chi connectivity index (χ4v) is 0.911. The first kappa shape index (κ1) is 8.68. The van der Waals surface area contributed by atoms with Gasteiger partial charge < -0.3 is 9.47 Å². The summed E-state index contributed by atoms with van der Waals surface area (Å²) in [5, 5.41) is 0. The van der Waals surface area contributed by atoms with Crippen molar-refractivity contribution < 1.29 is 9.47 Å². The van der Waals surface area contributed by atoms with E-state index in [9.17, 15) is 0 Å². The lowest BCUT2D eigenvalue weighted by Crippen LogP contribution is -2.28. The lowest BCUT2D eigenvalue weighted by Gasteiger charge is -2.24. The van der Waals surface area contributed by atoms with E-state index >= 15 is 0 Å². The third-order valence-electron chi connectivity index (χ3n) is 1.54. The molecular formula is C8H15NO2. The van der Waals surface area contributed by atoms with Gasteiger partial charge in [0.15, 0.2) is 0 Å². The Balaban J connectivity index is 2.28. The number of aliphatic imine (C=N–C) groups is 1. The van der Waals surface area contributed by atoms with E-state index in [1.165, 1.54) is 0 Å². The fraction of sp³-hybridized carbons (Fsp3) is 0.875. The Kier molecular flexibility index (Phi) is 3.52. The van der Waals surface area contributed by atoms with Crippen molar-refractivity contribution in [2.24, 2.45) is 4.99 Å². The molecule has 1 saturated heterocycles. The molecule has 1 fully saturated rings. The van der Waals surface area contributed by atoms with Crippen LogP contribution in [-0.4, -0.2) is 25.3 Å². The van der Waals surface area contributed by atoms with E-state index in [2.05, 4.69) is 4.99 Å². The second-order valence-electron chi connectivity index (χ2n) is 2.65. The van der Waals surface area contributed by atoms with Gasteiger partial charge >= 0.3 is 0 Å². The van der Waals surface area contributed by atoms with E-state index in [0.29, 0.717) is 0 Å². The molecule has 0 bridgehead atoms. The third-order valence-corrected chi connectivity index (χ3v) is 1.54. The van der Waals surface area contributed by atoms with Gasteiger partial charge in [0, 0.05) is 6.21 Å². The van der Waals surface area contributed by atoms with Gasteiger partial charge in [-0.25, -0.2) is 4.99 Å². The highest BCUT2D eigenvalue weighted by atomic mass is 16.7. The van der Waals surface area contributed by atoms with E-state index in [1.54, 1.807) is 0 Å². The van der Waals surface area contributed by atoms with Crippen molar-refractivity contribution in [3.05, 3.63) is 0 Å². The molecule has 3 nitrogen and oxygen atoms in total. The SMILES string of the molecule is CCC=NC1OCCC(C)O1. The summed E-state index contributed by atoms with van der Waals surface area (Å²) in [7, 11) is 0. The average molecular weight is 157 g/mol. The smallest absolute Gasteiger partial charge is 0.258 e. The third kappa shape index (κ3) is 2.99. The minimum atomic E-state index is -0.348. The predicted octanol–water partition coefficient (Wildman–Crippen LogP) is 1.58. The zero-order chi connectivity index (χ0) is 8.10. The summed E-state index contributed by atoms with van der Waals surface area (Å²) in [6.45, 7) is 4.83. The molecule has 0 saturated carbocycles. The standard InChI is InChI=1S/C8H15NO2/c1-3-5-9-8-10-6-4-7(2)11-8/h5,7-8H,3-4,6H2,1-2H3. The van der Waals surface area contributed by atoms with Crippen molar-refractivity contribution >= 4 is 6.21 Å². The first-order valence-electron chi connectivity index (χ1n) is 4.11. The fourth-order valence-electron chi connectivity index (χ4n) is 0.911. The topological polar surface area (TPSA) is 30.8 Å². The summed E-state index contributed by atoms with van der Waals surface area (Å²) in [4.78, 5) is 4.08. The molecule has 0 radical (unpaired) electrons. The summed E-state index contributed by atoms with van der Waals surface area (Å²) in [5.74, 6) is 0. The summed E-state index contributed by atoms with van der Waals surface area (Å²) < 4.78 is 10.6. The quantitative estimate of drug-likeness (QED) is 0.570. The van der Waals surface area contributed by atoms with Gasteiger partial charge in [0.2, 0.25) is 0 Å². The highest BCUT2D eigenvalue weighted by Crippen LogP contribution is 2.11. The molecule has 2 atom stereocenters. The van der Waals surface area contributed by atoms with Crippen LogP contribution in [0.5, 0.6) is 0 Å². The van der Waals surface area contributed by atoms with Gasteiger partial charge in [-0.1, -0.05) is 6.92 Å². The van der Waals surface area contributed by atoms with Crippen molar-refractivity contribution in [3.63, 3.8) is 0 Å². The van der Waals surface area contributed by atoms with Crippen LogP contribution in [0.25, 0.3) is 0 Å². The number of hydrogen-bond donors (Lipinski definition) is 0. The summed E-state index contributed by atoms with van der Waals surface area (Å²) >= 11 is 0. The maximum atomic E-state index is 5.37. The summed E-state index contributed by atoms with van der Waals surface area (Å²) in [6.07, 6.45) is 3.65. The lowest BCUT2D eigenvalue weighted by molar-refractivity contribution is -0.201. The van der Waals surface area contributed by atoms with Crippen LogP contribution in [0.3, 0.4) is 0 Å². The Bertz CT molecular complexity index is 136. The van der Waals surface area contributed by atoms with Crippen LogP contribution in [0.15, 0.2) is 4.99 Å². The largest absolute Gasteiger partial charge is 0.334 e. The molecule has 2 unspecified atom stereocenters. The van der Waals surface area contributed by atoms with Crippen LogP contribution in [0.4, 0.5) is 0 Å². The first-order chi connectivity index (χ1) is 5.33. The molecule has 3 heteroatoms. The van der Waals surface area contributed by atoms with E-state index in [1.807, 2.05) is 20.1 Å². The number of ether oxygens (including phenoxy) is 2. The Morgan fingerprint density at radius 2 is 2.45 bits per heavy atom. The maximum absolute atomic E-state index is 5.37. The molecule has 0 aromatic heterocycles. The first-order valence-corrected chi connectivity index (χ1v) is 4.11. The number of nitrogens with zero attached hydrogens (tertiary/aromatic N) is 1. The zero-order valence-electron chi connectivity index (χ0n) is 7.12. The molecular weight excluding hydrogens is 142 g/mol. The molecule has 0 spiro atoms. The Labute approximate surface area is 67.4 Å². The van der Waals surface area contributed by atoms with Gasteiger partial charge in [-0.05, 0) is 19.8 Å². The Morgan fingerprint density at radius 3 is 3.09 bits per heavy atom. The van der Waals surface area contributed by atoms with E-state index < -0.39 is 0 Å². The highest BCUT2D eigenvalue weighted by Gasteiger charge is 2.17. The summed E-state index contributed by atoms with van der Waals surface area (Å²) in [5.41, 5.74) is 0. The van der Waals surface area contributed by atoms with Crippen molar-refractivity contribution in [3.8, 4) is 0 Å². The lowest BCUT2D eigenvalue weighted by atomic mass is 10.3. The van der Waals surface area contributed by atoms with Crippen molar-refractivity contribution in [1.82, 2.24) is 0 Å². The van der Waals surface area contributed by atoms with E-state index in [4.69, 9.17) is 9.47 Å². The van der Waals surface area contributed by atoms with Gasteiger partial charge in [-0.3, -0.25) is 0 Å². The van der Waals surface area contributed by atoms with Crippen LogP contribution in [0, 0.1) is 0 Å². The normalized spacial score (nSPS) is 32.9. The monoisotopic (exact) mass is 157 g/mol. The Morgan fingerprint density at radius 1 is 1.64 bits per heavy atom. The molecule has 0 aromatic rings. The van der Waals surface area contributed by atoms with Crippen LogP contribution in [-0.2, 0) is 9.47 Å². The van der Waals surface area contributed by atoms with E-state index in [-0.39, 0.29) is 12.5 Å². The van der Waals surface area contributed by atoms with Crippen molar-refractivity contribution in [1.29, 1.82) is 0 Å². The van der Waals surface area contributed by atoms with Crippen molar-refractivity contribution in [2.75, 3.05) is 6.61 Å². The minimum Gasteiger partial charge on any atom is -0.334 e. The molecule has 1 heterocycles. The molecule has 0 aromatic carbocycles. The molecule has 1 aliphatic rings. The molecule has 0 aliphatic carbocycles. The molecule has 64 valence electrons. The van der Waals surface area contributed by atoms with Crippen LogP contribution in [0.2, 0.25) is 0 Å². The van der Waals surface area contributed by atoms with Crippen molar-refractivity contribution in [2.45, 2.75) is 39.2 Å². The number of hydrogen-bond acceptors (Lipinski definition) is 3. The summed E-state index contributed by atoms with van der Waals surface area (Å²) in [6, 6.07) is 0. The van der Waals surface area contributed by atoms with Gasteiger partial charge in [0.1, 0.15) is 0 Å². The van der Waals surface area contributed by atoms with Gasteiger partial charge in [0.05, 0.1) is 12.7 Å². The van der Waals surface area contributed by atoms with Gasteiger partial charge in [-0.15, -0.1) is 0 Å². The Hall–Kier alpha value is -0.410. The second-order valence-corrected chi connectivity index (χ2v) is 2.65. The van der Waals surface area contributed by atoms with Crippen LogP contribution >= 0.6 is 0 Å². The molecule has 0 N–H and O–H groups in total. The van der Waals surface area contributed by atoms with E-state index in [0.717, 1.165) is 19.4 Å². The molecule has 1 rings (SSSR count). The number of rotatable bonds is 2. The van der Waals surface area contributed by atoms with Crippen LogP contribution < -0.4 is 0 Å². The maximum Gasteiger partial charge on any atom is 0.258 e. The molecule has 11 heavy (non-hydrogen) atoms. The van der Waals surface area contributed by atoms with Crippen LogP contribution in [0.1, 0.15) is 26.7 Å². The minimum absolute atomic E-state index is 0.280. The highest BCUT2D eigenvalue weighted by molar-refractivity contribution is 5.56. The van der Waals surface area contributed by atoms with Gasteiger partial charge in [-0.2, -0.15) is 0 Å². The zero-order valence-corrected chi connectivity index (χ0v) is 7.12.